The number of H-pyrrole nitrogens is 1. The van der Waals surface area contributed by atoms with Crippen molar-refractivity contribution in [2.45, 2.75) is 62.7 Å². The van der Waals surface area contributed by atoms with Crippen molar-refractivity contribution in [3.05, 3.63) is 43.5 Å². The highest BCUT2D eigenvalue weighted by molar-refractivity contribution is 7.48. The normalized spacial score (nSPS) is 38.1. The summed E-state index contributed by atoms with van der Waals surface area (Å²) in [5.74, 6) is 0. The van der Waals surface area contributed by atoms with Gasteiger partial charge in [-0.2, -0.15) is 0 Å². The summed E-state index contributed by atoms with van der Waals surface area (Å²) >= 11 is 0. The number of aromatic amines is 1. The molecule has 3 heterocycles. The van der Waals surface area contributed by atoms with Gasteiger partial charge in [0.15, 0.2) is 6.23 Å². The zero-order chi connectivity index (χ0) is 19.9. The second kappa shape index (κ2) is 7.14. The first-order chi connectivity index (χ1) is 13.3. The molecule has 152 valence electrons. The lowest BCUT2D eigenvalue weighted by Gasteiger charge is -2.36. The molecule has 0 spiro atoms. The lowest BCUT2D eigenvalue weighted by Crippen LogP contribution is -2.48. The van der Waals surface area contributed by atoms with E-state index in [-0.39, 0.29) is 12.7 Å². The zero-order valence-corrected chi connectivity index (χ0v) is 16.0. The number of phosphoric acid groups is 1. The topological polar surface area (TPSA) is 158 Å². The molecular weight excluding hydrogens is 393 g/mol. The SMILES string of the molecule is C[C@@]1(N=[N+]=[N-])[C@@H]2O[P@@](=O)(OC3CCCC3)OC[C@H]2O[C@H]1n1ccc(=O)[nH]c1=O. The van der Waals surface area contributed by atoms with Gasteiger partial charge in [-0.05, 0) is 25.3 Å². The van der Waals surface area contributed by atoms with Crippen molar-refractivity contribution in [3.8, 4) is 0 Å². The fourth-order valence-electron chi connectivity index (χ4n) is 3.92. The minimum absolute atomic E-state index is 0.111. The van der Waals surface area contributed by atoms with Gasteiger partial charge in [0, 0.05) is 17.2 Å². The van der Waals surface area contributed by atoms with Crippen LogP contribution in [0.4, 0.5) is 0 Å². The second-order valence-electron chi connectivity index (χ2n) is 7.24. The molecule has 3 fully saturated rings. The Morgan fingerprint density at radius 3 is 2.86 bits per heavy atom. The summed E-state index contributed by atoms with van der Waals surface area (Å²) in [6.45, 7) is 1.42. The largest absolute Gasteiger partial charge is 0.475 e. The summed E-state index contributed by atoms with van der Waals surface area (Å²) in [5.41, 5.74) is 6.35. The average molecular weight is 413 g/mol. The van der Waals surface area contributed by atoms with Gasteiger partial charge in [0.25, 0.3) is 5.56 Å². The number of ether oxygens (including phenoxy) is 1. The van der Waals surface area contributed by atoms with E-state index in [2.05, 4.69) is 15.0 Å². The monoisotopic (exact) mass is 413 g/mol. The Hall–Kier alpha value is -1.94. The number of fused-ring (bicyclic) bond motifs is 1. The summed E-state index contributed by atoms with van der Waals surface area (Å²) in [6, 6.07) is 1.15. The molecule has 28 heavy (non-hydrogen) atoms. The third-order valence-electron chi connectivity index (χ3n) is 5.30. The first-order valence-electron chi connectivity index (χ1n) is 8.99. The quantitative estimate of drug-likeness (QED) is 0.342. The predicted octanol–water partition coefficient (Wildman–Crippen LogP) is 1.99. The highest BCUT2D eigenvalue weighted by atomic mass is 31.2. The number of azide groups is 1. The van der Waals surface area contributed by atoms with E-state index in [1.165, 1.54) is 13.1 Å². The molecule has 3 aliphatic rings. The Labute approximate surface area is 159 Å². The van der Waals surface area contributed by atoms with Crippen LogP contribution in [0.3, 0.4) is 0 Å². The molecule has 0 bridgehead atoms. The molecule has 2 aliphatic heterocycles. The number of nitrogens with one attached hydrogen (secondary N) is 1. The van der Waals surface area contributed by atoms with Gasteiger partial charge < -0.3 is 4.74 Å². The van der Waals surface area contributed by atoms with Gasteiger partial charge in [-0.1, -0.05) is 18.0 Å². The van der Waals surface area contributed by atoms with Gasteiger partial charge in [-0.3, -0.25) is 27.9 Å². The molecule has 1 aromatic rings. The number of phosphoric ester groups is 1. The minimum atomic E-state index is -3.88. The Morgan fingerprint density at radius 1 is 1.43 bits per heavy atom. The van der Waals surface area contributed by atoms with Crippen LogP contribution in [0.2, 0.25) is 0 Å². The molecular formula is C15H20N5O7P. The molecule has 0 amide bonds. The summed E-state index contributed by atoms with van der Waals surface area (Å²) < 4.78 is 36.6. The van der Waals surface area contributed by atoms with E-state index < -0.39 is 43.0 Å². The fourth-order valence-corrected chi connectivity index (χ4v) is 5.62. The molecule has 13 heteroatoms. The van der Waals surface area contributed by atoms with Crippen LogP contribution in [-0.2, 0) is 22.9 Å². The first kappa shape index (κ1) is 19.4. The van der Waals surface area contributed by atoms with Crippen molar-refractivity contribution in [1.82, 2.24) is 9.55 Å². The van der Waals surface area contributed by atoms with E-state index in [4.69, 9.17) is 23.8 Å². The minimum Gasteiger partial charge on any atom is -0.349 e. The molecule has 5 atom stereocenters. The van der Waals surface area contributed by atoms with E-state index in [0.29, 0.717) is 0 Å². The molecule has 4 rings (SSSR count). The lowest BCUT2D eigenvalue weighted by atomic mass is 9.93. The molecule has 12 nitrogen and oxygen atoms in total. The third kappa shape index (κ3) is 3.32. The summed E-state index contributed by atoms with van der Waals surface area (Å²) in [5, 5.41) is 3.81. The maximum absolute atomic E-state index is 13.0. The van der Waals surface area contributed by atoms with E-state index in [0.717, 1.165) is 36.3 Å². The van der Waals surface area contributed by atoms with E-state index in [9.17, 15) is 14.2 Å². The van der Waals surface area contributed by atoms with E-state index in [1.54, 1.807) is 0 Å². The Balaban J connectivity index is 1.66. The van der Waals surface area contributed by atoms with Crippen LogP contribution in [0, 0.1) is 0 Å². The number of rotatable bonds is 4. The van der Waals surface area contributed by atoms with Crippen molar-refractivity contribution >= 4 is 7.82 Å². The Morgan fingerprint density at radius 2 is 2.18 bits per heavy atom. The van der Waals surface area contributed by atoms with Crippen molar-refractivity contribution in [2.75, 3.05) is 6.61 Å². The van der Waals surface area contributed by atoms with Crippen LogP contribution in [-0.4, -0.2) is 40.0 Å². The maximum Gasteiger partial charge on any atom is 0.475 e. The fraction of sp³-hybridized carbons (Fsp3) is 0.733. The van der Waals surface area contributed by atoms with Crippen LogP contribution >= 0.6 is 7.82 Å². The molecule has 2 saturated heterocycles. The number of hydrogen-bond donors (Lipinski definition) is 1. The highest BCUT2D eigenvalue weighted by Crippen LogP contribution is 2.60. The third-order valence-corrected chi connectivity index (χ3v) is 6.81. The smallest absolute Gasteiger partial charge is 0.349 e. The van der Waals surface area contributed by atoms with Crippen LogP contribution in [0.25, 0.3) is 10.4 Å². The van der Waals surface area contributed by atoms with Crippen molar-refractivity contribution in [1.29, 1.82) is 0 Å². The molecule has 1 saturated carbocycles. The Kier molecular flexibility index (Phi) is 4.95. The molecule has 0 aromatic carbocycles. The van der Waals surface area contributed by atoms with Crippen molar-refractivity contribution in [3.63, 3.8) is 0 Å². The van der Waals surface area contributed by atoms with Gasteiger partial charge in [0.1, 0.15) is 17.7 Å². The van der Waals surface area contributed by atoms with Crippen molar-refractivity contribution < 1.29 is 22.9 Å². The highest BCUT2D eigenvalue weighted by Gasteiger charge is 2.61. The second-order valence-corrected chi connectivity index (χ2v) is 8.81. The maximum atomic E-state index is 13.0. The number of hydrogen-bond acceptors (Lipinski definition) is 8. The standard InChI is InChI=1S/C15H20N5O7P/c1-15(18-19-16)12-10(25-13(15)20-7-6-11(21)17-14(20)22)8-24-28(23,27-12)26-9-4-2-3-5-9/h6-7,9-10,12-13H,2-5,8H2,1H3,(H,17,21,22)/t10-,12-,13-,15-,28-/m1/s1. The van der Waals surface area contributed by atoms with Crippen LogP contribution in [0.15, 0.2) is 27.0 Å². The first-order valence-corrected chi connectivity index (χ1v) is 10.5. The summed E-state index contributed by atoms with van der Waals surface area (Å²) in [4.78, 5) is 28.6. The zero-order valence-electron chi connectivity index (χ0n) is 15.1. The summed E-state index contributed by atoms with van der Waals surface area (Å²) in [7, 11) is -3.88. The van der Waals surface area contributed by atoms with Crippen molar-refractivity contribution in [2.24, 2.45) is 5.11 Å². The number of aromatic nitrogens is 2. The average Bonchev–Trinajstić information content (AvgIpc) is 3.22. The molecule has 0 unspecified atom stereocenters. The van der Waals surface area contributed by atoms with Gasteiger partial charge >= 0.3 is 13.5 Å². The molecule has 1 aliphatic carbocycles. The molecule has 1 aromatic heterocycles. The molecule has 0 radical (unpaired) electrons. The van der Waals surface area contributed by atoms with E-state index in [1.807, 2.05) is 0 Å². The van der Waals surface area contributed by atoms with Crippen LogP contribution < -0.4 is 11.2 Å². The van der Waals surface area contributed by atoms with Gasteiger partial charge in [-0.15, -0.1) is 0 Å². The summed E-state index contributed by atoms with van der Waals surface area (Å²) in [6.07, 6.45) is 1.72. The predicted molar refractivity (Wildman–Crippen MR) is 94.6 cm³/mol. The van der Waals surface area contributed by atoms with Gasteiger partial charge in [0.2, 0.25) is 0 Å². The van der Waals surface area contributed by atoms with Gasteiger partial charge in [0.05, 0.1) is 12.7 Å². The van der Waals surface area contributed by atoms with Crippen LogP contribution in [0.5, 0.6) is 0 Å². The van der Waals surface area contributed by atoms with E-state index >= 15 is 0 Å². The Bertz CT molecular complexity index is 966. The van der Waals surface area contributed by atoms with Crippen LogP contribution in [0.1, 0.15) is 38.8 Å². The molecule has 1 N–H and O–H groups in total. The lowest BCUT2D eigenvalue weighted by molar-refractivity contribution is -0.0759. The van der Waals surface area contributed by atoms with Gasteiger partial charge in [-0.25, -0.2) is 9.36 Å². The number of nitrogens with zero attached hydrogens (tertiary/aromatic N) is 4.